The minimum atomic E-state index is 0.125. The SMILES string of the molecule is CC.CC(=O)c1ccc(C)cc1.CCc1ccc(NC)cc1. The standard InChI is InChI=1S/C9H13N.C9H10O.C2H6/c1-3-8-4-6-9(10-2)7-5-8;1-7-3-5-9(6-4-7)8(2)10;1-2/h4-7,10H,3H2,1-2H3;3-6H,1-2H3;1-2H3. The fourth-order valence-electron chi connectivity index (χ4n) is 1.70. The van der Waals surface area contributed by atoms with Crippen molar-refractivity contribution >= 4 is 11.5 Å². The van der Waals surface area contributed by atoms with Crippen molar-refractivity contribution in [2.45, 2.75) is 41.0 Å². The van der Waals surface area contributed by atoms with Gasteiger partial charge in [-0.05, 0) is 38.0 Å². The van der Waals surface area contributed by atoms with Crippen LogP contribution in [0.15, 0.2) is 48.5 Å². The number of hydrogen-bond donors (Lipinski definition) is 1. The van der Waals surface area contributed by atoms with Crippen LogP contribution in [-0.2, 0) is 6.42 Å². The quantitative estimate of drug-likeness (QED) is 0.757. The Morgan fingerprint density at radius 3 is 1.82 bits per heavy atom. The van der Waals surface area contributed by atoms with E-state index in [1.54, 1.807) is 6.92 Å². The maximum Gasteiger partial charge on any atom is 0.159 e. The molecule has 0 bridgehead atoms. The van der Waals surface area contributed by atoms with Gasteiger partial charge < -0.3 is 5.32 Å². The fraction of sp³-hybridized carbons (Fsp3) is 0.350. The van der Waals surface area contributed by atoms with Crippen LogP contribution in [0.3, 0.4) is 0 Å². The second-order valence-corrected chi connectivity index (χ2v) is 4.72. The molecule has 0 saturated carbocycles. The lowest BCUT2D eigenvalue weighted by Crippen LogP contribution is -1.90. The summed E-state index contributed by atoms with van der Waals surface area (Å²) in [6.45, 7) is 9.74. The number of anilines is 1. The van der Waals surface area contributed by atoms with Crippen molar-refractivity contribution in [1.29, 1.82) is 0 Å². The largest absolute Gasteiger partial charge is 0.388 e. The Morgan fingerprint density at radius 1 is 0.955 bits per heavy atom. The predicted molar refractivity (Wildman–Crippen MR) is 97.9 cm³/mol. The first-order valence-electron chi connectivity index (χ1n) is 7.91. The number of hydrogen-bond acceptors (Lipinski definition) is 2. The molecular weight excluding hydrogens is 270 g/mol. The average Bonchev–Trinajstić information content (AvgIpc) is 2.57. The highest BCUT2D eigenvalue weighted by molar-refractivity contribution is 5.93. The summed E-state index contributed by atoms with van der Waals surface area (Å²) in [6.07, 6.45) is 1.12. The van der Waals surface area contributed by atoms with E-state index in [9.17, 15) is 4.79 Å². The van der Waals surface area contributed by atoms with E-state index in [-0.39, 0.29) is 5.78 Å². The van der Waals surface area contributed by atoms with E-state index in [4.69, 9.17) is 0 Å². The van der Waals surface area contributed by atoms with Crippen LogP contribution in [0, 0.1) is 6.92 Å². The van der Waals surface area contributed by atoms with Crippen LogP contribution in [0.4, 0.5) is 5.69 Å². The van der Waals surface area contributed by atoms with Crippen molar-refractivity contribution in [2.75, 3.05) is 12.4 Å². The third-order valence-corrected chi connectivity index (χ3v) is 3.11. The first-order chi connectivity index (χ1) is 10.6. The van der Waals surface area contributed by atoms with Gasteiger partial charge in [0.15, 0.2) is 5.78 Å². The molecule has 2 nitrogen and oxygen atoms in total. The molecule has 22 heavy (non-hydrogen) atoms. The number of Topliss-reactive ketones (excluding diaryl/α,β-unsaturated/α-hetero) is 1. The zero-order valence-electron chi connectivity index (χ0n) is 14.7. The molecule has 2 aromatic rings. The van der Waals surface area contributed by atoms with Crippen LogP contribution in [0.25, 0.3) is 0 Å². The average molecular weight is 299 g/mol. The Bertz CT molecular complexity index is 504. The molecule has 0 aliphatic carbocycles. The van der Waals surface area contributed by atoms with Crippen LogP contribution >= 0.6 is 0 Å². The van der Waals surface area contributed by atoms with Crippen LogP contribution in [0.1, 0.15) is 49.2 Å². The van der Waals surface area contributed by atoms with Crippen molar-refractivity contribution in [3.8, 4) is 0 Å². The van der Waals surface area contributed by atoms with Gasteiger partial charge in [0.25, 0.3) is 0 Å². The lowest BCUT2D eigenvalue weighted by molar-refractivity contribution is 0.101. The summed E-state index contributed by atoms with van der Waals surface area (Å²) in [6, 6.07) is 16.1. The first-order valence-corrected chi connectivity index (χ1v) is 7.91. The highest BCUT2D eigenvalue weighted by Gasteiger charge is 1.95. The highest BCUT2D eigenvalue weighted by Crippen LogP contribution is 2.08. The smallest absolute Gasteiger partial charge is 0.159 e. The second kappa shape index (κ2) is 11.6. The maximum atomic E-state index is 10.8. The number of ketones is 1. The Hall–Kier alpha value is -2.09. The Morgan fingerprint density at radius 2 is 1.45 bits per heavy atom. The van der Waals surface area contributed by atoms with E-state index < -0.39 is 0 Å². The molecule has 0 spiro atoms. The fourth-order valence-corrected chi connectivity index (χ4v) is 1.70. The molecule has 0 heterocycles. The molecular formula is C20H29NO. The van der Waals surface area contributed by atoms with Gasteiger partial charge in [-0.25, -0.2) is 0 Å². The van der Waals surface area contributed by atoms with Gasteiger partial charge in [0.05, 0.1) is 0 Å². The van der Waals surface area contributed by atoms with E-state index in [0.29, 0.717) is 0 Å². The second-order valence-electron chi connectivity index (χ2n) is 4.72. The number of rotatable bonds is 3. The third kappa shape index (κ3) is 7.63. The molecule has 0 atom stereocenters. The van der Waals surface area contributed by atoms with Crippen LogP contribution in [0.2, 0.25) is 0 Å². The molecule has 2 heteroatoms. The van der Waals surface area contributed by atoms with Crippen molar-refractivity contribution < 1.29 is 4.79 Å². The lowest BCUT2D eigenvalue weighted by Gasteiger charge is -1.99. The molecule has 0 saturated heterocycles. The number of carbonyl (C=O) groups excluding carboxylic acids is 1. The van der Waals surface area contributed by atoms with E-state index in [2.05, 4.69) is 36.5 Å². The molecule has 0 aromatic heterocycles. The third-order valence-electron chi connectivity index (χ3n) is 3.11. The van der Waals surface area contributed by atoms with E-state index in [1.807, 2.05) is 52.1 Å². The van der Waals surface area contributed by atoms with Gasteiger partial charge in [0.1, 0.15) is 0 Å². The molecule has 0 aliphatic rings. The summed E-state index contributed by atoms with van der Waals surface area (Å²) in [5.74, 6) is 0.125. The van der Waals surface area contributed by atoms with Gasteiger partial charge in [-0.2, -0.15) is 0 Å². The Balaban J connectivity index is 0.000000360. The molecule has 2 rings (SSSR count). The van der Waals surface area contributed by atoms with E-state index >= 15 is 0 Å². The predicted octanol–water partition coefficient (Wildman–Crippen LogP) is 5.51. The number of benzene rings is 2. The summed E-state index contributed by atoms with van der Waals surface area (Å²) in [5.41, 5.74) is 4.53. The molecule has 120 valence electrons. The summed E-state index contributed by atoms with van der Waals surface area (Å²) in [4.78, 5) is 10.8. The van der Waals surface area contributed by atoms with Crippen molar-refractivity contribution in [2.24, 2.45) is 0 Å². The topological polar surface area (TPSA) is 29.1 Å². The molecule has 1 N–H and O–H groups in total. The summed E-state index contributed by atoms with van der Waals surface area (Å²) in [7, 11) is 1.93. The van der Waals surface area contributed by atoms with Crippen LogP contribution < -0.4 is 5.32 Å². The maximum absolute atomic E-state index is 10.8. The number of carbonyl (C=O) groups is 1. The van der Waals surface area contributed by atoms with E-state index in [1.165, 1.54) is 16.8 Å². The molecule has 0 fully saturated rings. The van der Waals surface area contributed by atoms with Crippen LogP contribution in [-0.4, -0.2) is 12.8 Å². The van der Waals surface area contributed by atoms with Crippen molar-refractivity contribution in [3.05, 3.63) is 65.2 Å². The lowest BCUT2D eigenvalue weighted by atomic mass is 10.1. The van der Waals surface area contributed by atoms with Gasteiger partial charge in [-0.3, -0.25) is 4.79 Å². The van der Waals surface area contributed by atoms with E-state index in [0.717, 1.165) is 12.0 Å². The van der Waals surface area contributed by atoms with Gasteiger partial charge in [0.2, 0.25) is 0 Å². The summed E-state index contributed by atoms with van der Waals surface area (Å²) >= 11 is 0. The number of nitrogens with one attached hydrogen (secondary N) is 1. The van der Waals surface area contributed by atoms with Gasteiger partial charge in [0, 0.05) is 18.3 Å². The summed E-state index contributed by atoms with van der Waals surface area (Å²) < 4.78 is 0. The Labute approximate surface area is 135 Å². The van der Waals surface area contributed by atoms with Gasteiger partial charge in [-0.15, -0.1) is 0 Å². The monoisotopic (exact) mass is 299 g/mol. The molecule has 0 unspecified atom stereocenters. The van der Waals surface area contributed by atoms with Gasteiger partial charge in [-0.1, -0.05) is 62.7 Å². The zero-order chi connectivity index (χ0) is 17.0. The molecule has 0 radical (unpaired) electrons. The van der Waals surface area contributed by atoms with Gasteiger partial charge >= 0.3 is 0 Å². The molecule has 0 aliphatic heterocycles. The first kappa shape index (κ1) is 19.9. The number of aryl methyl sites for hydroxylation is 2. The highest BCUT2D eigenvalue weighted by atomic mass is 16.1. The Kier molecular flexibility index (Phi) is 10.5. The molecule has 0 amide bonds. The van der Waals surface area contributed by atoms with Crippen LogP contribution in [0.5, 0.6) is 0 Å². The minimum absolute atomic E-state index is 0.125. The van der Waals surface area contributed by atoms with Crippen molar-refractivity contribution in [1.82, 2.24) is 0 Å². The molecule has 2 aromatic carbocycles. The normalized spacial score (nSPS) is 8.82. The minimum Gasteiger partial charge on any atom is -0.388 e. The zero-order valence-corrected chi connectivity index (χ0v) is 14.7. The summed E-state index contributed by atoms with van der Waals surface area (Å²) in [5, 5.41) is 3.08. The van der Waals surface area contributed by atoms with Crippen molar-refractivity contribution in [3.63, 3.8) is 0 Å².